The van der Waals surface area contributed by atoms with Crippen LogP contribution in [0.2, 0.25) is 5.02 Å². The first-order valence-electron chi connectivity index (χ1n) is 4.70. The van der Waals surface area contributed by atoms with Crippen LogP contribution in [0.1, 0.15) is 11.1 Å². The molecule has 0 aliphatic heterocycles. The Balaban J connectivity index is 2.82. The van der Waals surface area contributed by atoms with Crippen LogP contribution in [-0.2, 0) is 0 Å². The summed E-state index contributed by atoms with van der Waals surface area (Å²) < 4.78 is 5.11. The highest BCUT2D eigenvalue weighted by Gasteiger charge is 2.08. The van der Waals surface area contributed by atoms with E-state index in [0.717, 1.165) is 16.5 Å². The lowest BCUT2D eigenvalue weighted by molar-refractivity contribution is 0.415. The molecule has 1 aromatic carbocycles. The number of fused-ring (bicyclic) bond motifs is 1. The molecule has 0 N–H and O–H groups in total. The number of hydrogen-bond donors (Lipinski definition) is 0. The van der Waals surface area contributed by atoms with Crippen molar-refractivity contribution in [2.45, 2.75) is 6.92 Å². The highest BCUT2D eigenvalue weighted by molar-refractivity contribution is 6.32. The maximum absolute atomic E-state index is 8.90. The van der Waals surface area contributed by atoms with E-state index >= 15 is 0 Å². The minimum absolute atomic E-state index is 0.523. The van der Waals surface area contributed by atoms with Gasteiger partial charge in [-0.2, -0.15) is 5.26 Å². The molecule has 1 heterocycles. The van der Waals surface area contributed by atoms with Crippen molar-refractivity contribution in [3.63, 3.8) is 0 Å². The Kier molecular flexibility index (Phi) is 2.67. The molecule has 4 heteroatoms. The monoisotopic (exact) mass is 232 g/mol. The van der Waals surface area contributed by atoms with Gasteiger partial charge in [-0.05, 0) is 18.6 Å². The largest absolute Gasteiger partial charge is 0.495 e. The van der Waals surface area contributed by atoms with Gasteiger partial charge in [-0.25, -0.2) is 0 Å². The number of methoxy groups -OCH3 is 1. The average Bonchev–Trinajstić information content (AvgIpc) is 2.30. The van der Waals surface area contributed by atoms with Crippen molar-refractivity contribution in [3.8, 4) is 11.8 Å². The van der Waals surface area contributed by atoms with Gasteiger partial charge in [0.15, 0.2) is 0 Å². The van der Waals surface area contributed by atoms with Gasteiger partial charge in [-0.1, -0.05) is 11.6 Å². The Labute approximate surface area is 98.2 Å². The van der Waals surface area contributed by atoms with Crippen LogP contribution in [0.4, 0.5) is 0 Å². The zero-order valence-corrected chi connectivity index (χ0v) is 9.67. The fourth-order valence-electron chi connectivity index (χ4n) is 1.59. The zero-order chi connectivity index (χ0) is 11.7. The molecule has 0 amide bonds. The Bertz CT molecular complexity index is 602. The molecule has 0 saturated heterocycles. The molecule has 0 unspecified atom stereocenters. The predicted octanol–water partition coefficient (Wildman–Crippen LogP) is 3.08. The lowest BCUT2D eigenvalue weighted by Gasteiger charge is -2.07. The summed E-state index contributed by atoms with van der Waals surface area (Å²) in [5, 5.41) is 10.3. The van der Waals surface area contributed by atoms with Crippen LogP contribution in [0.5, 0.6) is 5.75 Å². The van der Waals surface area contributed by atoms with Gasteiger partial charge in [0.1, 0.15) is 11.8 Å². The smallest absolute Gasteiger partial charge is 0.139 e. The van der Waals surface area contributed by atoms with Gasteiger partial charge in [0.25, 0.3) is 0 Å². The summed E-state index contributed by atoms with van der Waals surface area (Å²) in [5.41, 5.74) is 2.23. The molecule has 0 fully saturated rings. The minimum Gasteiger partial charge on any atom is -0.495 e. The topological polar surface area (TPSA) is 45.9 Å². The van der Waals surface area contributed by atoms with E-state index in [1.807, 2.05) is 6.92 Å². The highest BCUT2D eigenvalue weighted by atomic mass is 35.5. The van der Waals surface area contributed by atoms with Gasteiger partial charge in [0, 0.05) is 17.6 Å². The van der Waals surface area contributed by atoms with E-state index in [1.165, 1.54) is 0 Å². The van der Waals surface area contributed by atoms with Crippen LogP contribution in [0.3, 0.4) is 0 Å². The van der Waals surface area contributed by atoms with Crippen LogP contribution < -0.4 is 4.74 Å². The first-order valence-corrected chi connectivity index (χ1v) is 5.08. The first-order chi connectivity index (χ1) is 7.67. The molecule has 2 aromatic rings. The number of ether oxygens (including phenoxy) is 1. The first kappa shape index (κ1) is 10.7. The van der Waals surface area contributed by atoms with Crippen molar-refractivity contribution < 1.29 is 4.74 Å². The number of halogens is 1. The SMILES string of the molecule is COc1cc2ncc(C#N)c(C)c2cc1Cl. The van der Waals surface area contributed by atoms with Crippen molar-refractivity contribution in [2.24, 2.45) is 0 Å². The van der Waals surface area contributed by atoms with Crippen LogP contribution >= 0.6 is 11.6 Å². The molecule has 0 bridgehead atoms. The van der Waals surface area contributed by atoms with Gasteiger partial charge in [-0.3, -0.25) is 4.98 Å². The Morgan fingerprint density at radius 3 is 2.81 bits per heavy atom. The average molecular weight is 233 g/mol. The lowest BCUT2D eigenvalue weighted by atomic mass is 10.1. The van der Waals surface area contributed by atoms with E-state index in [-0.39, 0.29) is 0 Å². The molecule has 3 nitrogen and oxygen atoms in total. The summed E-state index contributed by atoms with van der Waals surface area (Å²) >= 11 is 6.04. The summed E-state index contributed by atoms with van der Waals surface area (Å²) in [6.45, 7) is 1.88. The van der Waals surface area contributed by atoms with E-state index in [4.69, 9.17) is 21.6 Å². The number of hydrogen-bond acceptors (Lipinski definition) is 3. The predicted molar refractivity (Wildman–Crippen MR) is 62.8 cm³/mol. The molecule has 0 spiro atoms. The molecular formula is C12H9ClN2O. The fourth-order valence-corrected chi connectivity index (χ4v) is 1.84. The van der Waals surface area contributed by atoms with Crippen molar-refractivity contribution in [1.29, 1.82) is 5.26 Å². The normalized spacial score (nSPS) is 10.1. The summed E-state index contributed by atoms with van der Waals surface area (Å²) in [5.74, 6) is 0.589. The maximum Gasteiger partial charge on any atom is 0.139 e. The van der Waals surface area contributed by atoms with Crippen LogP contribution in [0, 0.1) is 18.3 Å². The van der Waals surface area contributed by atoms with Crippen LogP contribution in [-0.4, -0.2) is 12.1 Å². The molecule has 0 aliphatic carbocycles. The third-order valence-corrected chi connectivity index (χ3v) is 2.83. The molecule has 1 aromatic heterocycles. The molecule has 80 valence electrons. The second-order valence-corrected chi connectivity index (χ2v) is 3.82. The molecule has 0 atom stereocenters. The maximum atomic E-state index is 8.90. The van der Waals surface area contributed by atoms with E-state index in [9.17, 15) is 0 Å². The molecule has 2 rings (SSSR count). The zero-order valence-electron chi connectivity index (χ0n) is 8.91. The number of pyridine rings is 1. The van der Waals surface area contributed by atoms with Crippen LogP contribution in [0.25, 0.3) is 10.9 Å². The Hall–Kier alpha value is -1.79. The fraction of sp³-hybridized carbons (Fsp3) is 0.167. The van der Waals surface area contributed by atoms with Gasteiger partial charge < -0.3 is 4.74 Å². The summed E-state index contributed by atoms with van der Waals surface area (Å²) in [4.78, 5) is 4.20. The number of aromatic nitrogens is 1. The van der Waals surface area contributed by atoms with Gasteiger partial charge in [0.05, 0.1) is 23.2 Å². The molecular weight excluding hydrogens is 224 g/mol. The van der Waals surface area contributed by atoms with Gasteiger partial charge in [0.2, 0.25) is 0 Å². The third-order valence-electron chi connectivity index (χ3n) is 2.53. The summed E-state index contributed by atoms with van der Waals surface area (Å²) in [6, 6.07) is 5.64. The number of rotatable bonds is 1. The molecule has 16 heavy (non-hydrogen) atoms. The lowest BCUT2D eigenvalue weighted by Crippen LogP contribution is -1.91. The van der Waals surface area contributed by atoms with E-state index in [0.29, 0.717) is 16.3 Å². The number of benzene rings is 1. The number of aryl methyl sites for hydroxylation is 1. The second-order valence-electron chi connectivity index (χ2n) is 3.41. The Morgan fingerprint density at radius 2 is 2.19 bits per heavy atom. The second kappa shape index (κ2) is 3.99. The quantitative estimate of drug-likeness (QED) is 0.759. The molecule has 0 aliphatic rings. The number of nitrogens with zero attached hydrogens (tertiary/aromatic N) is 2. The molecule has 0 saturated carbocycles. The van der Waals surface area contributed by atoms with Crippen molar-refractivity contribution in [3.05, 3.63) is 34.5 Å². The summed E-state index contributed by atoms with van der Waals surface area (Å²) in [6.07, 6.45) is 1.56. The van der Waals surface area contributed by atoms with Crippen LogP contribution in [0.15, 0.2) is 18.3 Å². The van der Waals surface area contributed by atoms with Gasteiger partial charge in [-0.15, -0.1) is 0 Å². The van der Waals surface area contributed by atoms with E-state index in [1.54, 1.807) is 25.4 Å². The van der Waals surface area contributed by atoms with E-state index in [2.05, 4.69) is 11.1 Å². The van der Waals surface area contributed by atoms with Crippen molar-refractivity contribution in [1.82, 2.24) is 4.98 Å². The van der Waals surface area contributed by atoms with Crippen molar-refractivity contribution >= 4 is 22.5 Å². The highest BCUT2D eigenvalue weighted by Crippen LogP contribution is 2.31. The molecule has 0 radical (unpaired) electrons. The standard InChI is InChI=1S/C12H9ClN2O/c1-7-8(5-14)6-15-11-4-12(16-2)10(13)3-9(7)11/h3-4,6H,1-2H3. The van der Waals surface area contributed by atoms with Crippen molar-refractivity contribution in [2.75, 3.05) is 7.11 Å². The Morgan fingerprint density at radius 1 is 1.44 bits per heavy atom. The third kappa shape index (κ3) is 1.58. The number of nitriles is 1. The van der Waals surface area contributed by atoms with E-state index < -0.39 is 0 Å². The van der Waals surface area contributed by atoms with Gasteiger partial charge >= 0.3 is 0 Å². The minimum atomic E-state index is 0.523. The summed E-state index contributed by atoms with van der Waals surface area (Å²) in [7, 11) is 1.56.